The summed E-state index contributed by atoms with van der Waals surface area (Å²) >= 11 is 0. The minimum atomic E-state index is -0.648. The van der Waals surface area contributed by atoms with Crippen LogP contribution in [0, 0.1) is 12.7 Å². The number of hydrogen-bond donors (Lipinski definition) is 0. The molecule has 0 saturated carbocycles. The van der Waals surface area contributed by atoms with Gasteiger partial charge in [-0.15, -0.1) is 0 Å². The van der Waals surface area contributed by atoms with Crippen molar-refractivity contribution in [1.29, 1.82) is 0 Å². The summed E-state index contributed by atoms with van der Waals surface area (Å²) in [6.45, 7) is 4.35. The Morgan fingerprint density at radius 1 is 1.19 bits per heavy atom. The van der Waals surface area contributed by atoms with Gasteiger partial charge in [0.2, 0.25) is 5.91 Å². The summed E-state index contributed by atoms with van der Waals surface area (Å²) in [5.41, 5.74) is 1.95. The molecule has 2 amide bonds. The number of nitrogens with zero attached hydrogens (tertiary/aromatic N) is 2. The Morgan fingerprint density at radius 3 is 2.65 bits per heavy atom. The molecule has 5 nitrogen and oxygen atoms in total. The number of aryl methyl sites for hydroxylation is 1. The summed E-state index contributed by atoms with van der Waals surface area (Å²) in [7, 11) is 1.56. The number of piperazine rings is 1. The largest absolute Gasteiger partial charge is 0.495 e. The quantitative estimate of drug-likeness (QED) is 0.849. The Morgan fingerprint density at radius 2 is 1.96 bits per heavy atom. The number of ether oxygens (including phenoxy) is 1. The number of anilines is 1. The van der Waals surface area contributed by atoms with Crippen molar-refractivity contribution >= 4 is 17.5 Å². The van der Waals surface area contributed by atoms with Gasteiger partial charge in [-0.05, 0) is 49.7 Å². The summed E-state index contributed by atoms with van der Waals surface area (Å²) in [6.07, 6.45) is 0. The standard InChI is InChI=1S/C20H21FN2O3/c1-13-7-8-18(26-3)17(11-13)23-10-9-22(14(2)19(23)24)20(25)15-5-4-6-16(21)12-15/h4-8,11-12,14H,9-10H2,1-3H3. The van der Waals surface area contributed by atoms with Crippen LogP contribution >= 0.6 is 0 Å². The van der Waals surface area contributed by atoms with E-state index < -0.39 is 11.9 Å². The van der Waals surface area contributed by atoms with Gasteiger partial charge in [-0.3, -0.25) is 9.59 Å². The molecule has 3 rings (SSSR count). The van der Waals surface area contributed by atoms with E-state index in [1.807, 2.05) is 25.1 Å². The Labute approximate surface area is 152 Å². The van der Waals surface area contributed by atoms with Crippen LogP contribution in [0.3, 0.4) is 0 Å². The maximum Gasteiger partial charge on any atom is 0.254 e. The Bertz CT molecular complexity index is 853. The highest BCUT2D eigenvalue weighted by atomic mass is 19.1. The van der Waals surface area contributed by atoms with Crippen molar-refractivity contribution in [2.75, 3.05) is 25.1 Å². The Balaban J connectivity index is 1.85. The maximum atomic E-state index is 13.4. The highest BCUT2D eigenvalue weighted by molar-refractivity contribution is 6.04. The molecule has 0 spiro atoms. The zero-order valence-corrected chi connectivity index (χ0v) is 15.0. The van der Waals surface area contributed by atoms with Crippen LogP contribution in [0.15, 0.2) is 42.5 Å². The van der Waals surface area contributed by atoms with Crippen LogP contribution < -0.4 is 9.64 Å². The topological polar surface area (TPSA) is 49.9 Å². The summed E-state index contributed by atoms with van der Waals surface area (Å²) in [5, 5.41) is 0. The monoisotopic (exact) mass is 356 g/mol. The lowest BCUT2D eigenvalue weighted by molar-refractivity contribution is -0.124. The van der Waals surface area contributed by atoms with Crippen molar-refractivity contribution in [3.05, 3.63) is 59.4 Å². The number of carbonyl (C=O) groups is 2. The zero-order chi connectivity index (χ0) is 18.8. The van der Waals surface area contributed by atoms with Gasteiger partial charge < -0.3 is 14.5 Å². The van der Waals surface area contributed by atoms with Gasteiger partial charge in [0, 0.05) is 18.7 Å². The number of carbonyl (C=O) groups excluding carboxylic acids is 2. The molecule has 1 heterocycles. The summed E-state index contributed by atoms with van der Waals surface area (Å²) in [5.74, 6) is -0.398. The minimum absolute atomic E-state index is 0.190. The summed E-state index contributed by atoms with van der Waals surface area (Å²) < 4.78 is 18.8. The average molecular weight is 356 g/mol. The van der Waals surface area contributed by atoms with Crippen LogP contribution in [-0.4, -0.2) is 43.0 Å². The SMILES string of the molecule is COc1ccc(C)cc1N1CCN(C(=O)c2cccc(F)c2)C(C)C1=O. The van der Waals surface area contributed by atoms with Crippen LogP contribution in [0.4, 0.5) is 10.1 Å². The molecule has 0 aliphatic carbocycles. The molecule has 0 N–H and O–H groups in total. The third-order valence-corrected chi connectivity index (χ3v) is 4.61. The van der Waals surface area contributed by atoms with Crippen LogP contribution in [-0.2, 0) is 4.79 Å². The second-order valence-corrected chi connectivity index (χ2v) is 6.35. The molecule has 1 atom stereocenters. The van der Waals surface area contributed by atoms with Gasteiger partial charge in [0.05, 0.1) is 12.8 Å². The second-order valence-electron chi connectivity index (χ2n) is 6.35. The van der Waals surface area contributed by atoms with E-state index in [1.165, 1.54) is 23.1 Å². The van der Waals surface area contributed by atoms with Gasteiger partial charge in [0.15, 0.2) is 0 Å². The first-order chi connectivity index (χ1) is 12.4. The lowest BCUT2D eigenvalue weighted by atomic mass is 10.1. The van der Waals surface area contributed by atoms with Crippen LogP contribution in [0.1, 0.15) is 22.8 Å². The van der Waals surface area contributed by atoms with E-state index in [9.17, 15) is 14.0 Å². The van der Waals surface area contributed by atoms with E-state index in [2.05, 4.69) is 0 Å². The van der Waals surface area contributed by atoms with Crippen molar-refractivity contribution in [1.82, 2.24) is 4.90 Å². The van der Waals surface area contributed by atoms with E-state index in [4.69, 9.17) is 4.74 Å². The molecule has 1 unspecified atom stereocenters. The van der Waals surface area contributed by atoms with Gasteiger partial charge in [0.1, 0.15) is 17.6 Å². The number of amides is 2. The van der Waals surface area contributed by atoms with Gasteiger partial charge >= 0.3 is 0 Å². The molecular formula is C20H21FN2O3. The average Bonchev–Trinajstić information content (AvgIpc) is 2.63. The fraction of sp³-hybridized carbons (Fsp3) is 0.300. The van der Waals surface area contributed by atoms with Crippen molar-refractivity contribution in [3.63, 3.8) is 0 Å². The predicted molar refractivity (Wildman–Crippen MR) is 97.0 cm³/mol. The number of halogens is 1. The van der Waals surface area contributed by atoms with Gasteiger partial charge in [-0.2, -0.15) is 0 Å². The highest BCUT2D eigenvalue weighted by Gasteiger charge is 2.36. The molecule has 1 aliphatic heterocycles. The van der Waals surface area contributed by atoms with E-state index in [0.717, 1.165) is 5.56 Å². The predicted octanol–water partition coefficient (Wildman–Crippen LogP) is 3.02. The maximum absolute atomic E-state index is 13.4. The molecule has 1 aliphatic rings. The Hall–Kier alpha value is -2.89. The second kappa shape index (κ2) is 7.15. The van der Waals surface area contributed by atoms with Gasteiger partial charge in [0.25, 0.3) is 5.91 Å². The molecule has 2 aromatic rings. The fourth-order valence-electron chi connectivity index (χ4n) is 3.19. The van der Waals surface area contributed by atoms with E-state index in [-0.39, 0.29) is 17.4 Å². The number of methoxy groups -OCH3 is 1. The summed E-state index contributed by atoms with van der Waals surface area (Å²) in [6, 6.07) is 10.5. The summed E-state index contributed by atoms with van der Waals surface area (Å²) in [4.78, 5) is 28.7. The lowest BCUT2D eigenvalue weighted by Gasteiger charge is -2.39. The van der Waals surface area contributed by atoms with Gasteiger partial charge in [-0.25, -0.2) is 4.39 Å². The molecule has 136 valence electrons. The lowest BCUT2D eigenvalue weighted by Crippen LogP contribution is -2.57. The fourth-order valence-corrected chi connectivity index (χ4v) is 3.19. The molecule has 2 aromatic carbocycles. The molecule has 0 bridgehead atoms. The molecule has 1 fully saturated rings. The van der Waals surface area contributed by atoms with E-state index >= 15 is 0 Å². The zero-order valence-electron chi connectivity index (χ0n) is 15.0. The third kappa shape index (κ3) is 3.27. The first-order valence-corrected chi connectivity index (χ1v) is 8.45. The van der Waals surface area contributed by atoms with Crippen molar-refractivity contribution < 1.29 is 18.7 Å². The molecule has 6 heteroatoms. The van der Waals surface area contributed by atoms with Crippen LogP contribution in [0.5, 0.6) is 5.75 Å². The molecular weight excluding hydrogens is 335 g/mol. The van der Waals surface area contributed by atoms with Crippen LogP contribution in [0.2, 0.25) is 0 Å². The number of benzene rings is 2. The first-order valence-electron chi connectivity index (χ1n) is 8.45. The van der Waals surface area contributed by atoms with Crippen molar-refractivity contribution in [2.24, 2.45) is 0 Å². The molecule has 0 radical (unpaired) electrons. The third-order valence-electron chi connectivity index (χ3n) is 4.61. The van der Waals surface area contributed by atoms with Crippen LogP contribution in [0.25, 0.3) is 0 Å². The highest BCUT2D eigenvalue weighted by Crippen LogP contribution is 2.31. The molecule has 1 saturated heterocycles. The van der Waals surface area contributed by atoms with E-state index in [0.29, 0.717) is 24.5 Å². The first kappa shape index (κ1) is 17.9. The minimum Gasteiger partial charge on any atom is -0.495 e. The number of hydrogen-bond acceptors (Lipinski definition) is 3. The smallest absolute Gasteiger partial charge is 0.254 e. The van der Waals surface area contributed by atoms with Crippen molar-refractivity contribution in [2.45, 2.75) is 19.9 Å². The normalized spacial score (nSPS) is 17.4. The molecule has 0 aromatic heterocycles. The number of rotatable bonds is 3. The molecule has 26 heavy (non-hydrogen) atoms. The van der Waals surface area contributed by atoms with Crippen molar-refractivity contribution in [3.8, 4) is 5.75 Å². The Kier molecular flexibility index (Phi) is 4.93. The van der Waals surface area contributed by atoms with Gasteiger partial charge in [-0.1, -0.05) is 12.1 Å². The van der Waals surface area contributed by atoms with E-state index in [1.54, 1.807) is 25.0 Å².